The largest absolute Gasteiger partial charge is 0.456 e. The van der Waals surface area contributed by atoms with E-state index in [1.165, 1.54) is 0 Å². The van der Waals surface area contributed by atoms with Gasteiger partial charge in [0.25, 0.3) is 5.91 Å². The minimum atomic E-state index is -0.0152. The number of amides is 1. The van der Waals surface area contributed by atoms with Crippen molar-refractivity contribution in [3.63, 3.8) is 0 Å². The van der Waals surface area contributed by atoms with Crippen molar-refractivity contribution in [1.82, 2.24) is 4.90 Å². The van der Waals surface area contributed by atoms with Gasteiger partial charge in [-0.15, -0.1) is 0 Å². The molecule has 1 aromatic rings. The second kappa shape index (κ2) is 5.36. The van der Waals surface area contributed by atoms with Crippen molar-refractivity contribution in [2.45, 2.75) is 38.6 Å². The Kier molecular flexibility index (Phi) is 3.84. The van der Waals surface area contributed by atoms with Gasteiger partial charge >= 0.3 is 0 Å². The molecule has 1 aliphatic rings. The van der Waals surface area contributed by atoms with E-state index < -0.39 is 0 Å². The molecule has 0 saturated carbocycles. The lowest BCUT2D eigenvalue weighted by atomic mass is 10.1. The molecular formula is C13H19NO3. The van der Waals surface area contributed by atoms with Crippen LogP contribution in [0.4, 0.5) is 0 Å². The summed E-state index contributed by atoms with van der Waals surface area (Å²) in [6.45, 7) is 2.83. The molecule has 1 fully saturated rings. The molecule has 0 spiro atoms. The van der Waals surface area contributed by atoms with E-state index in [2.05, 4.69) is 0 Å². The monoisotopic (exact) mass is 237 g/mol. The molecule has 94 valence electrons. The fraction of sp³-hybridized carbons (Fsp3) is 0.615. The van der Waals surface area contributed by atoms with Crippen molar-refractivity contribution in [3.8, 4) is 0 Å². The Bertz CT molecular complexity index is 386. The van der Waals surface area contributed by atoms with Crippen molar-refractivity contribution in [3.05, 3.63) is 23.7 Å². The minimum absolute atomic E-state index is 0.0152. The van der Waals surface area contributed by atoms with E-state index in [1.807, 2.05) is 17.9 Å². The van der Waals surface area contributed by atoms with Crippen molar-refractivity contribution in [2.75, 3.05) is 13.2 Å². The molecule has 1 saturated heterocycles. The van der Waals surface area contributed by atoms with Crippen molar-refractivity contribution in [2.24, 2.45) is 0 Å². The number of aliphatic hydroxyl groups is 1. The number of likely N-dealkylation sites (tertiary alicyclic amines) is 1. The van der Waals surface area contributed by atoms with Crippen LogP contribution in [0.15, 0.2) is 16.5 Å². The van der Waals surface area contributed by atoms with Crippen LogP contribution in [-0.2, 0) is 0 Å². The van der Waals surface area contributed by atoms with E-state index in [1.54, 1.807) is 6.07 Å². The normalized spacial score (nSPS) is 19.9. The van der Waals surface area contributed by atoms with Crippen molar-refractivity contribution >= 4 is 5.91 Å². The van der Waals surface area contributed by atoms with Crippen LogP contribution >= 0.6 is 0 Å². The van der Waals surface area contributed by atoms with Crippen LogP contribution in [0.2, 0.25) is 0 Å². The molecule has 0 radical (unpaired) electrons. The molecular weight excluding hydrogens is 218 g/mol. The topological polar surface area (TPSA) is 53.7 Å². The highest BCUT2D eigenvalue weighted by atomic mass is 16.3. The zero-order chi connectivity index (χ0) is 12.3. The number of furan rings is 1. The summed E-state index contributed by atoms with van der Waals surface area (Å²) in [6, 6.07) is 3.81. The number of carbonyl (C=O) groups is 1. The first kappa shape index (κ1) is 12.2. The highest BCUT2D eigenvalue weighted by Gasteiger charge is 2.30. The Morgan fingerprint density at radius 3 is 3.06 bits per heavy atom. The molecule has 0 aromatic carbocycles. The van der Waals surface area contributed by atoms with E-state index in [4.69, 9.17) is 9.52 Å². The molecule has 1 unspecified atom stereocenters. The third-order valence-corrected chi connectivity index (χ3v) is 3.28. The first-order chi connectivity index (χ1) is 8.22. The molecule has 1 atom stereocenters. The quantitative estimate of drug-likeness (QED) is 0.871. The first-order valence-electron chi connectivity index (χ1n) is 6.20. The maximum absolute atomic E-state index is 12.2. The van der Waals surface area contributed by atoms with Crippen LogP contribution in [0.3, 0.4) is 0 Å². The van der Waals surface area contributed by atoms with Gasteiger partial charge in [-0.1, -0.05) is 0 Å². The molecule has 2 rings (SSSR count). The fourth-order valence-corrected chi connectivity index (χ4v) is 2.42. The zero-order valence-corrected chi connectivity index (χ0v) is 10.2. The van der Waals surface area contributed by atoms with Crippen LogP contribution in [0.5, 0.6) is 0 Å². The molecule has 0 bridgehead atoms. The van der Waals surface area contributed by atoms with Crippen LogP contribution in [0.1, 0.15) is 42.0 Å². The molecule has 1 aromatic heterocycles. The predicted molar refractivity (Wildman–Crippen MR) is 63.8 cm³/mol. The number of aliphatic hydroxyl groups excluding tert-OH is 1. The van der Waals surface area contributed by atoms with Gasteiger partial charge in [0.15, 0.2) is 5.76 Å². The van der Waals surface area contributed by atoms with Crippen LogP contribution in [0.25, 0.3) is 0 Å². The summed E-state index contributed by atoms with van der Waals surface area (Å²) in [5.41, 5.74) is 0. The van der Waals surface area contributed by atoms with Crippen molar-refractivity contribution < 1.29 is 14.3 Å². The average molecular weight is 237 g/mol. The summed E-state index contributed by atoms with van der Waals surface area (Å²) in [7, 11) is 0. The molecule has 1 amide bonds. The van der Waals surface area contributed by atoms with Gasteiger partial charge in [-0.05, 0) is 44.7 Å². The molecule has 4 heteroatoms. The van der Waals surface area contributed by atoms with Gasteiger partial charge in [-0.25, -0.2) is 0 Å². The van der Waals surface area contributed by atoms with E-state index in [0.29, 0.717) is 5.76 Å². The van der Waals surface area contributed by atoms with Gasteiger partial charge in [0, 0.05) is 19.2 Å². The Morgan fingerprint density at radius 2 is 2.41 bits per heavy atom. The summed E-state index contributed by atoms with van der Waals surface area (Å²) in [5, 5.41) is 8.85. The molecule has 17 heavy (non-hydrogen) atoms. The predicted octanol–water partition coefficient (Wildman–Crippen LogP) is 1.97. The standard InChI is InChI=1S/C13H19NO3/c1-10-6-7-12(17-10)13(16)14-8-2-4-11(14)5-3-9-15/h6-7,11,15H,2-5,8-9H2,1H3. The Balaban J connectivity index is 2.03. The molecule has 1 N–H and O–H groups in total. The zero-order valence-electron chi connectivity index (χ0n) is 10.2. The van der Waals surface area contributed by atoms with Gasteiger partial charge in [0.1, 0.15) is 5.76 Å². The van der Waals surface area contributed by atoms with Crippen LogP contribution in [0, 0.1) is 6.92 Å². The van der Waals surface area contributed by atoms with Crippen LogP contribution < -0.4 is 0 Å². The Hall–Kier alpha value is -1.29. The van der Waals surface area contributed by atoms with E-state index in [0.717, 1.165) is 38.0 Å². The number of aryl methyl sites for hydroxylation is 1. The number of hydrogen-bond acceptors (Lipinski definition) is 3. The van der Waals surface area contributed by atoms with Gasteiger partial charge in [0.2, 0.25) is 0 Å². The number of rotatable bonds is 4. The molecule has 1 aliphatic heterocycles. The SMILES string of the molecule is Cc1ccc(C(=O)N2CCCC2CCCO)o1. The molecule has 2 heterocycles. The lowest BCUT2D eigenvalue weighted by Gasteiger charge is -2.23. The van der Waals surface area contributed by atoms with Gasteiger partial charge in [-0.2, -0.15) is 0 Å². The summed E-state index contributed by atoms with van der Waals surface area (Å²) >= 11 is 0. The van der Waals surface area contributed by atoms with Gasteiger partial charge in [-0.3, -0.25) is 4.79 Å². The van der Waals surface area contributed by atoms with Gasteiger partial charge < -0.3 is 14.4 Å². The molecule has 0 aliphatic carbocycles. The Morgan fingerprint density at radius 1 is 1.59 bits per heavy atom. The van der Waals surface area contributed by atoms with E-state index in [9.17, 15) is 4.79 Å². The highest BCUT2D eigenvalue weighted by molar-refractivity contribution is 5.91. The summed E-state index contributed by atoms with van der Waals surface area (Å²) in [5.74, 6) is 1.18. The Labute approximate surface area is 101 Å². The van der Waals surface area contributed by atoms with Gasteiger partial charge in [0.05, 0.1) is 0 Å². The second-order valence-electron chi connectivity index (χ2n) is 4.57. The van der Waals surface area contributed by atoms with E-state index >= 15 is 0 Å². The van der Waals surface area contributed by atoms with E-state index in [-0.39, 0.29) is 18.6 Å². The highest BCUT2D eigenvalue weighted by Crippen LogP contribution is 2.24. The smallest absolute Gasteiger partial charge is 0.289 e. The number of hydrogen-bond donors (Lipinski definition) is 1. The fourth-order valence-electron chi connectivity index (χ4n) is 2.42. The maximum Gasteiger partial charge on any atom is 0.289 e. The second-order valence-corrected chi connectivity index (χ2v) is 4.57. The third-order valence-electron chi connectivity index (χ3n) is 3.28. The first-order valence-corrected chi connectivity index (χ1v) is 6.20. The number of nitrogens with zero attached hydrogens (tertiary/aromatic N) is 1. The maximum atomic E-state index is 12.2. The number of carbonyl (C=O) groups excluding carboxylic acids is 1. The third kappa shape index (κ3) is 2.69. The van der Waals surface area contributed by atoms with Crippen LogP contribution in [-0.4, -0.2) is 35.1 Å². The minimum Gasteiger partial charge on any atom is -0.456 e. The summed E-state index contributed by atoms with van der Waals surface area (Å²) in [6.07, 6.45) is 3.71. The summed E-state index contributed by atoms with van der Waals surface area (Å²) < 4.78 is 5.37. The summed E-state index contributed by atoms with van der Waals surface area (Å²) in [4.78, 5) is 14.1. The average Bonchev–Trinajstić information content (AvgIpc) is 2.94. The lowest BCUT2D eigenvalue weighted by Crippen LogP contribution is -2.35. The lowest BCUT2D eigenvalue weighted by molar-refractivity contribution is 0.0691. The van der Waals surface area contributed by atoms with Crippen molar-refractivity contribution in [1.29, 1.82) is 0 Å². The molecule has 4 nitrogen and oxygen atoms in total.